The molecule has 7 heteroatoms. The van der Waals surface area contributed by atoms with Gasteiger partial charge in [-0.25, -0.2) is 0 Å². The van der Waals surface area contributed by atoms with Gasteiger partial charge in [-0.15, -0.1) is 0 Å². The lowest BCUT2D eigenvalue weighted by atomic mass is 9.91. The third kappa shape index (κ3) is 3.19. The highest BCUT2D eigenvalue weighted by atomic mass is 16.3. The molecule has 7 nitrogen and oxygen atoms in total. The zero-order chi connectivity index (χ0) is 17.5. The summed E-state index contributed by atoms with van der Waals surface area (Å²) in [6.07, 6.45) is -0.356. The fraction of sp³-hybridized carbons (Fsp3) is 0.412. The maximum absolute atomic E-state index is 12.3. The van der Waals surface area contributed by atoms with E-state index in [9.17, 15) is 19.8 Å². The smallest absolute Gasteiger partial charge is 0.248 e. The number of H-pyrrole nitrogens is 1. The number of aliphatic hydroxyl groups excluding tert-OH is 1. The van der Waals surface area contributed by atoms with Crippen LogP contribution in [0.15, 0.2) is 29.1 Å². The van der Waals surface area contributed by atoms with Crippen LogP contribution in [-0.4, -0.2) is 50.8 Å². The molecule has 0 unspecified atom stereocenters. The first-order valence-corrected chi connectivity index (χ1v) is 7.85. The molecule has 1 aliphatic rings. The van der Waals surface area contributed by atoms with Gasteiger partial charge in [0.15, 0.2) is 5.43 Å². The Balaban J connectivity index is 1.85. The van der Waals surface area contributed by atoms with Crippen molar-refractivity contribution in [3.8, 4) is 0 Å². The Morgan fingerprint density at radius 2 is 2.21 bits per heavy atom. The van der Waals surface area contributed by atoms with Crippen LogP contribution in [0.4, 0.5) is 0 Å². The number of nitrogens with two attached hydrogens (primary N) is 1. The first-order chi connectivity index (χ1) is 11.3. The van der Waals surface area contributed by atoms with Crippen molar-refractivity contribution in [2.24, 2.45) is 5.73 Å². The highest BCUT2D eigenvalue weighted by Gasteiger charge is 2.36. The average molecular weight is 331 g/mol. The number of nitrogens with one attached hydrogen (secondary N) is 1. The molecule has 1 aromatic carbocycles. The van der Waals surface area contributed by atoms with Crippen molar-refractivity contribution in [2.45, 2.75) is 31.6 Å². The summed E-state index contributed by atoms with van der Waals surface area (Å²) in [4.78, 5) is 28.7. The molecule has 5 N–H and O–H groups in total. The monoisotopic (exact) mass is 331 g/mol. The maximum Gasteiger partial charge on any atom is 0.248 e. The average Bonchev–Trinajstić information content (AvgIpc) is 2.51. The van der Waals surface area contributed by atoms with Crippen LogP contribution in [0.5, 0.6) is 0 Å². The van der Waals surface area contributed by atoms with Gasteiger partial charge in [0.05, 0.1) is 11.7 Å². The normalized spacial score (nSPS) is 25.0. The number of carbonyl (C=O) groups excluding carboxylic acids is 1. The number of amides is 1. The van der Waals surface area contributed by atoms with Gasteiger partial charge in [-0.05, 0) is 31.5 Å². The molecule has 3 rings (SSSR count). The van der Waals surface area contributed by atoms with Crippen molar-refractivity contribution in [2.75, 3.05) is 13.1 Å². The molecule has 0 radical (unpaired) electrons. The predicted octanol–water partition coefficient (Wildman–Crippen LogP) is -0.0554. The number of aromatic nitrogens is 1. The second kappa shape index (κ2) is 6.01. The summed E-state index contributed by atoms with van der Waals surface area (Å²) >= 11 is 0. The molecular formula is C17H21N3O4. The van der Waals surface area contributed by atoms with Gasteiger partial charge in [0.1, 0.15) is 0 Å². The molecular weight excluding hydrogens is 310 g/mol. The molecule has 0 bridgehead atoms. The van der Waals surface area contributed by atoms with Crippen molar-refractivity contribution < 1.29 is 15.0 Å². The second-order valence-electron chi connectivity index (χ2n) is 6.64. The molecule has 1 aliphatic heterocycles. The van der Waals surface area contributed by atoms with Crippen LogP contribution in [0.2, 0.25) is 0 Å². The first kappa shape index (κ1) is 16.6. The number of likely N-dealkylation sites (tertiary alicyclic amines) is 1. The summed E-state index contributed by atoms with van der Waals surface area (Å²) in [5.41, 5.74) is 5.62. The molecule has 0 saturated carbocycles. The lowest BCUT2D eigenvalue weighted by molar-refractivity contribution is -0.108. The van der Waals surface area contributed by atoms with Gasteiger partial charge in [-0.1, -0.05) is 0 Å². The number of carbonyl (C=O) groups is 1. The number of pyridine rings is 1. The van der Waals surface area contributed by atoms with Gasteiger partial charge < -0.3 is 20.9 Å². The molecule has 128 valence electrons. The summed E-state index contributed by atoms with van der Waals surface area (Å²) in [6, 6.07) is 6.22. The second-order valence-corrected chi connectivity index (χ2v) is 6.64. The number of aromatic amines is 1. The minimum absolute atomic E-state index is 0.189. The zero-order valence-corrected chi connectivity index (χ0v) is 13.5. The number of piperidine rings is 1. The van der Waals surface area contributed by atoms with Gasteiger partial charge in [0.2, 0.25) is 5.91 Å². The van der Waals surface area contributed by atoms with E-state index in [1.807, 2.05) is 4.90 Å². The number of hydrogen-bond donors (Lipinski definition) is 4. The molecule has 0 spiro atoms. The van der Waals surface area contributed by atoms with Crippen LogP contribution in [0.25, 0.3) is 10.9 Å². The minimum atomic E-state index is -1.07. The van der Waals surface area contributed by atoms with Crippen molar-refractivity contribution in [1.29, 1.82) is 0 Å². The Morgan fingerprint density at radius 1 is 1.46 bits per heavy atom. The number of hydrogen-bond acceptors (Lipinski definition) is 5. The summed E-state index contributed by atoms with van der Waals surface area (Å²) < 4.78 is 0. The Bertz CT molecular complexity index is 843. The van der Waals surface area contributed by atoms with E-state index < -0.39 is 17.6 Å². The van der Waals surface area contributed by atoms with E-state index >= 15 is 0 Å². The van der Waals surface area contributed by atoms with E-state index in [4.69, 9.17) is 5.73 Å². The predicted molar refractivity (Wildman–Crippen MR) is 89.6 cm³/mol. The number of aliphatic hydroxyl groups is 2. The fourth-order valence-electron chi connectivity index (χ4n) is 3.01. The molecule has 1 saturated heterocycles. The standard InChI is InChI=1S/C17H21N3O4/c1-17(24)4-5-20(9-15(17)22)8-11-7-14(21)12-6-10(16(18)23)2-3-13(12)19-11/h2-3,6-7,15,22,24H,4-5,8-9H2,1H3,(H2,18,23)(H,19,21)/t15-,17+/m0/s1. The van der Waals surface area contributed by atoms with Crippen molar-refractivity contribution in [1.82, 2.24) is 9.88 Å². The van der Waals surface area contributed by atoms with E-state index in [1.165, 1.54) is 12.1 Å². The lowest BCUT2D eigenvalue weighted by Gasteiger charge is -2.39. The molecule has 1 fully saturated rings. The Hall–Kier alpha value is -2.22. The molecule has 2 atom stereocenters. The minimum Gasteiger partial charge on any atom is -0.389 e. The highest BCUT2D eigenvalue weighted by Crippen LogP contribution is 2.23. The van der Waals surface area contributed by atoms with Crippen molar-refractivity contribution in [3.63, 3.8) is 0 Å². The molecule has 1 amide bonds. The summed E-state index contributed by atoms with van der Waals surface area (Å²) in [5.74, 6) is -0.574. The van der Waals surface area contributed by atoms with Gasteiger partial charge in [0, 0.05) is 47.9 Å². The van der Waals surface area contributed by atoms with Crippen LogP contribution >= 0.6 is 0 Å². The fourth-order valence-corrected chi connectivity index (χ4v) is 3.01. The van der Waals surface area contributed by atoms with Crippen molar-refractivity contribution in [3.05, 3.63) is 45.7 Å². The number of fused-ring (bicyclic) bond motifs is 1. The zero-order valence-electron chi connectivity index (χ0n) is 13.5. The summed E-state index contributed by atoms with van der Waals surface area (Å²) in [5, 5.41) is 20.4. The number of primary amides is 1. The lowest BCUT2D eigenvalue weighted by Crippen LogP contribution is -2.53. The number of benzene rings is 1. The van der Waals surface area contributed by atoms with Gasteiger partial charge in [-0.3, -0.25) is 14.5 Å². The number of β-amino-alcohol motifs (C(OH)–C–C–N with tert-alkyl or cyclic N) is 1. The van der Waals surface area contributed by atoms with Crippen LogP contribution in [-0.2, 0) is 6.54 Å². The molecule has 1 aromatic heterocycles. The van der Waals surface area contributed by atoms with E-state index in [0.717, 1.165) is 0 Å². The van der Waals surface area contributed by atoms with Crippen LogP contribution in [0.1, 0.15) is 29.4 Å². The number of rotatable bonds is 3. The summed E-state index contributed by atoms with van der Waals surface area (Å²) in [7, 11) is 0. The summed E-state index contributed by atoms with van der Waals surface area (Å²) in [6.45, 7) is 3.07. The first-order valence-electron chi connectivity index (χ1n) is 7.85. The van der Waals surface area contributed by atoms with Crippen LogP contribution in [0.3, 0.4) is 0 Å². The van der Waals surface area contributed by atoms with Gasteiger partial charge >= 0.3 is 0 Å². The third-order valence-corrected chi connectivity index (χ3v) is 4.65. The van der Waals surface area contributed by atoms with E-state index in [2.05, 4.69) is 4.98 Å². The highest BCUT2D eigenvalue weighted by molar-refractivity contribution is 5.96. The topological polar surface area (TPSA) is 120 Å². The Labute approximate surface area is 138 Å². The van der Waals surface area contributed by atoms with Gasteiger partial charge in [0.25, 0.3) is 0 Å². The quantitative estimate of drug-likeness (QED) is 0.628. The van der Waals surface area contributed by atoms with E-state index in [-0.39, 0.29) is 5.43 Å². The molecule has 0 aliphatic carbocycles. The van der Waals surface area contributed by atoms with Gasteiger partial charge in [-0.2, -0.15) is 0 Å². The van der Waals surface area contributed by atoms with Crippen molar-refractivity contribution >= 4 is 16.8 Å². The van der Waals surface area contributed by atoms with E-state index in [1.54, 1.807) is 19.1 Å². The van der Waals surface area contributed by atoms with E-state index in [0.29, 0.717) is 48.2 Å². The number of nitrogens with zero attached hydrogens (tertiary/aromatic N) is 1. The Kier molecular flexibility index (Phi) is 4.16. The SMILES string of the molecule is C[C@@]1(O)CCN(Cc2cc(=O)c3cc(C(N)=O)ccc3[nH]2)C[C@@H]1O. The largest absolute Gasteiger partial charge is 0.389 e. The third-order valence-electron chi connectivity index (χ3n) is 4.65. The molecule has 2 aromatic rings. The van der Waals surface area contributed by atoms with Crippen LogP contribution < -0.4 is 11.2 Å². The Morgan fingerprint density at radius 3 is 2.88 bits per heavy atom. The van der Waals surface area contributed by atoms with Crippen LogP contribution in [0, 0.1) is 0 Å². The molecule has 24 heavy (non-hydrogen) atoms. The maximum atomic E-state index is 12.3. The molecule has 2 heterocycles.